The molecule has 1 aromatic heterocycles. The van der Waals surface area contributed by atoms with E-state index in [1.165, 1.54) is 0 Å². The molecule has 1 aliphatic heterocycles. The number of rotatable bonds is 3. The van der Waals surface area contributed by atoms with Crippen LogP contribution in [0.2, 0.25) is 10.4 Å². The maximum absolute atomic E-state index is 12.0. The molecule has 6 nitrogen and oxygen atoms in total. The van der Waals surface area contributed by atoms with Crippen LogP contribution in [0.15, 0.2) is 0 Å². The van der Waals surface area contributed by atoms with Gasteiger partial charge in [0.25, 0.3) is 0 Å². The van der Waals surface area contributed by atoms with Crippen molar-refractivity contribution < 1.29 is 4.79 Å². The van der Waals surface area contributed by atoms with Crippen LogP contribution in [0.5, 0.6) is 0 Å². The van der Waals surface area contributed by atoms with Gasteiger partial charge in [0.05, 0.1) is 6.54 Å². The number of nitrogens with zero attached hydrogens (tertiary/aromatic N) is 5. The highest BCUT2D eigenvalue weighted by Gasteiger charge is 2.21. The predicted octanol–water partition coefficient (Wildman–Crippen LogP) is 1.24. The number of aromatic nitrogens is 3. The van der Waals surface area contributed by atoms with Crippen LogP contribution in [0.1, 0.15) is 12.8 Å². The van der Waals surface area contributed by atoms with Crippen LogP contribution in [-0.2, 0) is 4.79 Å². The van der Waals surface area contributed by atoms with Gasteiger partial charge in [-0.3, -0.25) is 4.79 Å². The standard InChI is InChI=1S/C10H13Cl2N5O/c1-16(6-7(18)17-4-2-3-5-17)9-8(11)14-15-10(12)13-9/h2-6H2,1H3. The third-order valence-electron chi connectivity index (χ3n) is 2.80. The van der Waals surface area contributed by atoms with Crippen molar-refractivity contribution in [1.29, 1.82) is 0 Å². The summed E-state index contributed by atoms with van der Waals surface area (Å²) in [4.78, 5) is 19.4. The van der Waals surface area contributed by atoms with Gasteiger partial charge in [-0.1, -0.05) is 11.6 Å². The van der Waals surface area contributed by atoms with Crippen molar-refractivity contribution in [2.45, 2.75) is 12.8 Å². The van der Waals surface area contributed by atoms with Crippen LogP contribution in [0, 0.1) is 0 Å². The van der Waals surface area contributed by atoms with Crippen molar-refractivity contribution in [3.8, 4) is 0 Å². The SMILES string of the molecule is CN(CC(=O)N1CCCC1)c1nc(Cl)nnc1Cl. The van der Waals surface area contributed by atoms with Gasteiger partial charge in [0.15, 0.2) is 11.0 Å². The second-order valence-electron chi connectivity index (χ2n) is 4.14. The lowest BCUT2D eigenvalue weighted by molar-refractivity contribution is -0.128. The van der Waals surface area contributed by atoms with E-state index in [2.05, 4.69) is 15.2 Å². The van der Waals surface area contributed by atoms with Gasteiger partial charge in [0.1, 0.15) is 0 Å². The highest BCUT2D eigenvalue weighted by atomic mass is 35.5. The van der Waals surface area contributed by atoms with E-state index in [1.54, 1.807) is 11.9 Å². The van der Waals surface area contributed by atoms with E-state index in [4.69, 9.17) is 23.2 Å². The first-order chi connectivity index (χ1) is 8.58. The quantitative estimate of drug-likeness (QED) is 0.838. The minimum absolute atomic E-state index is 0.00914. The van der Waals surface area contributed by atoms with Crippen molar-refractivity contribution in [1.82, 2.24) is 20.1 Å². The number of hydrogen-bond donors (Lipinski definition) is 0. The maximum atomic E-state index is 12.0. The van der Waals surface area contributed by atoms with Crippen molar-refractivity contribution in [2.24, 2.45) is 0 Å². The third-order valence-corrected chi connectivity index (χ3v) is 3.20. The van der Waals surface area contributed by atoms with Crippen LogP contribution in [-0.4, -0.2) is 52.7 Å². The van der Waals surface area contributed by atoms with E-state index in [0.717, 1.165) is 25.9 Å². The Labute approximate surface area is 115 Å². The number of carbonyl (C=O) groups is 1. The van der Waals surface area contributed by atoms with Crippen LogP contribution >= 0.6 is 23.2 Å². The molecule has 0 spiro atoms. The minimum atomic E-state index is 0.00914. The molecule has 2 rings (SSSR count). The lowest BCUT2D eigenvalue weighted by Crippen LogP contribution is -2.37. The Morgan fingerprint density at radius 1 is 1.33 bits per heavy atom. The molecule has 1 aliphatic rings. The summed E-state index contributed by atoms with van der Waals surface area (Å²) in [6.45, 7) is 1.85. The number of halogens is 2. The molecule has 0 radical (unpaired) electrons. The number of hydrogen-bond acceptors (Lipinski definition) is 5. The van der Waals surface area contributed by atoms with Gasteiger partial charge in [-0.15, -0.1) is 10.2 Å². The van der Waals surface area contributed by atoms with Gasteiger partial charge < -0.3 is 9.80 Å². The lowest BCUT2D eigenvalue weighted by Gasteiger charge is -2.22. The second kappa shape index (κ2) is 5.67. The summed E-state index contributed by atoms with van der Waals surface area (Å²) in [7, 11) is 1.72. The topological polar surface area (TPSA) is 62.2 Å². The largest absolute Gasteiger partial charge is 0.348 e. The molecule has 98 valence electrons. The summed E-state index contributed by atoms with van der Waals surface area (Å²) in [5.41, 5.74) is 0. The number of anilines is 1. The first-order valence-corrected chi connectivity index (χ1v) is 6.38. The molecule has 0 bridgehead atoms. The number of likely N-dealkylation sites (N-methyl/N-ethyl adjacent to an activating group) is 1. The first-order valence-electron chi connectivity index (χ1n) is 5.62. The van der Waals surface area contributed by atoms with E-state index >= 15 is 0 Å². The molecule has 1 saturated heterocycles. The number of carbonyl (C=O) groups excluding carboxylic acids is 1. The van der Waals surface area contributed by atoms with E-state index in [-0.39, 0.29) is 22.9 Å². The molecule has 0 aliphatic carbocycles. The van der Waals surface area contributed by atoms with Crippen molar-refractivity contribution in [3.63, 3.8) is 0 Å². The van der Waals surface area contributed by atoms with Crippen LogP contribution in [0.4, 0.5) is 5.82 Å². The van der Waals surface area contributed by atoms with Gasteiger partial charge in [0, 0.05) is 20.1 Å². The third kappa shape index (κ3) is 3.00. The van der Waals surface area contributed by atoms with E-state index in [9.17, 15) is 4.79 Å². The lowest BCUT2D eigenvalue weighted by atomic mass is 10.4. The Balaban J connectivity index is 2.04. The summed E-state index contributed by atoms with van der Waals surface area (Å²) in [6.07, 6.45) is 2.13. The second-order valence-corrected chi connectivity index (χ2v) is 4.84. The Morgan fingerprint density at radius 3 is 2.67 bits per heavy atom. The normalized spacial score (nSPS) is 14.9. The van der Waals surface area contributed by atoms with Gasteiger partial charge in [-0.2, -0.15) is 4.98 Å². The average molecular weight is 290 g/mol. The maximum Gasteiger partial charge on any atom is 0.245 e. The first kappa shape index (κ1) is 13.3. The van der Waals surface area contributed by atoms with Gasteiger partial charge in [-0.25, -0.2) is 0 Å². The van der Waals surface area contributed by atoms with Crippen molar-refractivity contribution in [2.75, 3.05) is 31.6 Å². The summed E-state index contributed by atoms with van der Waals surface area (Å²) in [6, 6.07) is 0. The molecular formula is C10H13Cl2N5O. The fraction of sp³-hybridized carbons (Fsp3) is 0.600. The molecule has 0 atom stereocenters. The number of likely N-dealkylation sites (tertiary alicyclic amines) is 1. The monoisotopic (exact) mass is 289 g/mol. The van der Waals surface area contributed by atoms with Crippen LogP contribution in [0.25, 0.3) is 0 Å². The summed E-state index contributed by atoms with van der Waals surface area (Å²) >= 11 is 11.5. The highest BCUT2D eigenvalue weighted by Crippen LogP contribution is 2.20. The Bertz CT molecular complexity index is 450. The van der Waals surface area contributed by atoms with Crippen molar-refractivity contribution >= 4 is 34.9 Å². The molecule has 8 heteroatoms. The molecule has 0 aromatic carbocycles. The van der Waals surface area contributed by atoms with Crippen molar-refractivity contribution in [3.05, 3.63) is 10.4 Å². The molecule has 1 fully saturated rings. The Kier molecular flexibility index (Phi) is 4.19. The number of amides is 1. The molecule has 18 heavy (non-hydrogen) atoms. The Morgan fingerprint density at radius 2 is 2.00 bits per heavy atom. The molecule has 1 aromatic rings. The highest BCUT2D eigenvalue weighted by molar-refractivity contribution is 6.32. The Hall–Kier alpha value is -1.14. The van der Waals surface area contributed by atoms with Gasteiger partial charge in [-0.05, 0) is 24.4 Å². The van der Waals surface area contributed by atoms with E-state index in [0.29, 0.717) is 5.82 Å². The average Bonchev–Trinajstić information content (AvgIpc) is 2.85. The molecule has 0 saturated carbocycles. The smallest absolute Gasteiger partial charge is 0.245 e. The summed E-state index contributed by atoms with van der Waals surface area (Å²) in [5.74, 6) is 0.421. The van der Waals surface area contributed by atoms with Crippen LogP contribution in [0.3, 0.4) is 0 Å². The van der Waals surface area contributed by atoms with Gasteiger partial charge >= 0.3 is 0 Å². The zero-order chi connectivity index (χ0) is 13.1. The van der Waals surface area contributed by atoms with E-state index < -0.39 is 0 Å². The van der Waals surface area contributed by atoms with Crippen LogP contribution < -0.4 is 4.90 Å². The fourth-order valence-corrected chi connectivity index (χ4v) is 2.22. The summed E-state index contributed by atoms with van der Waals surface area (Å²) in [5, 5.41) is 7.33. The zero-order valence-electron chi connectivity index (χ0n) is 9.94. The molecule has 0 N–H and O–H groups in total. The molecule has 1 amide bonds. The molecule has 0 unspecified atom stereocenters. The minimum Gasteiger partial charge on any atom is -0.348 e. The van der Waals surface area contributed by atoms with Gasteiger partial charge in [0.2, 0.25) is 11.2 Å². The predicted molar refractivity (Wildman–Crippen MR) is 68.9 cm³/mol. The van der Waals surface area contributed by atoms with E-state index in [1.807, 2.05) is 4.90 Å². The zero-order valence-corrected chi connectivity index (χ0v) is 11.4. The fourth-order valence-electron chi connectivity index (χ4n) is 1.87. The molecular weight excluding hydrogens is 277 g/mol. The molecule has 2 heterocycles. The summed E-state index contributed by atoms with van der Waals surface area (Å²) < 4.78 is 0.